The third kappa shape index (κ3) is 4.09. The highest BCUT2D eigenvalue weighted by Gasteiger charge is 2.40. The number of ether oxygens (including phenoxy) is 1. The van der Waals surface area contributed by atoms with E-state index in [-0.39, 0.29) is 6.42 Å². The fraction of sp³-hybridized carbons (Fsp3) is 1.00. The molecule has 0 aromatic carbocycles. The molecule has 0 saturated carbocycles. The maximum atomic E-state index is 11.2. The molecule has 4 nitrogen and oxygen atoms in total. The Labute approximate surface area is 92.8 Å². The Morgan fingerprint density at radius 3 is 2.13 bits per heavy atom. The summed E-state index contributed by atoms with van der Waals surface area (Å²) < 4.78 is 36.5. The predicted octanol–water partition coefficient (Wildman–Crippen LogP) is 2.60. The molecule has 0 spiro atoms. The van der Waals surface area contributed by atoms with E-state index in [0.717, 1.165) is 25.7 Å². The molecule has 0 amide bonds. The summed E-state index contributed by atoms with van der Waals surface area (Å²) in [5, 5.41) is 0. The number of unbranched alkanes of at least 4 members (excludes halogenated alkanes) is 3. The smallest absolute Gasteiger partial charge is 0.295 e. The molecule has 92 valence electrons. The van der Waals surface area contributed by atoms with Crippen LogP contribution in [-0.4, -0.2) is 25.0 Å². The molecule has 0 aromatic heterocycles. The van der Waals surface area contributed by atoms with Crippen LogP contribution in [0.25, 0.3) is 0 Å². The normalized spacial score (nSPS) is 16.3. The van der Waals surface area contributed by atoms with Crippen molar-refractivity contribution in [1.29, 1.82) is 0 Å². The first kappa shape index (κ1) is 14.9. The molecule has 0 heterocycles. The van der Waals surface area contributed by atoms with Crippen molar-refractivity contribution >= 4 is 10.1 Å². The van der Waals surface area contributed by atoms with Gasteiger partial charge in [-0.25, -0.2) is 0 Å². The molecule has 5 heteroatoms. The second-order valence-electron chi connectivity index (χ2n) is 3.75. The third-order valence-corrected chi connectivity index (χ3v) is 4.39. The van der Waals surface area contributed by atoms with Gasteiger partial charge >= 0.3 is 0 Å². The van der Waals surface area contributed by atoms with Crippen LogP contribution in [-0.2, 0) is 14.9 Å². The first-order chi connectivity index (χ1) is 6.93. The van der Waals surface area contributed by atoms with Crippen LogP contribution in [0.15, 0.2) is 0 Å². The van der Waals surface area contributed by atoms with Crippen molar-refractivity contribution < 1.29 is 17.7 Å². The van der Waals surface area contributed by atoms with Crippen LogP contribution in [0.4, 0.5) is 0 Å². The Kier molecular flexibility index (Phi) is 6.40. The monoisotopic (exact) mass is 238 g/mol. The minimum atomic E-state index is -4.14. The second-order valence-corrected chi connectivity index (χ2v) is 5.45. The first-order valence-corrected chi connectivity index (χ1v) is 6.89. The molecular weight excluding hydrogens is 216 g/mol. The van der Waals surface area contributed by atoms with Crippen molar-refractivity contribution in [2.24, 2.45) is 0 Å². The van der Waals surface area contributed by atoms with Crippen LogP contribution in [0.3, 0.4) is 0 Å². The highest BCUT2D eigenvalue weighted by atomic mass is 32.2. The highest BCUT2D eigenvalue weighted by molar-refractivity contribution is 7.87. The molecule has 0 fully saturated rings. The van der Waals surface area contributed by atoms with Gasteiger partial charge in [0.15, 0.2) is 4.93 Å². The van der Waals surface area contributed by atoms with Crippen LogP contribution in [0, 0.1) is 0 Å². The molecule has 1 unspecified atom stereocenters. The number of rotatable bonds is 8. The summed E-state index contributed by atoms with van der Waals surface area (Å²) in [5.74, 6) is 0. The SMILES string of the molecule is CCCCCCC(CC)(OC)S(=O)(=O)O. The van der Waals surface area contributed by atoms with Gasteiger partial charge in [-0.2, -0.15) is 8.42 Å². The van der Waals surface area contributed by atoms with E-state index in [0.29, 0.717) is 6.42 Å². The number of hydrogen-bond acceptors (Lipinski definition) is 3. The summed E-state index contributed by atoms with van der Waals surface area (Å²) in [7, 11) is -2.81. The molecule has 0 saturated heterocycles. The lowest BCUT2D eigenvalue weighted by Crippen LogP contribution is -2.39. The van der Waals surface area contributed by atoms with Crippen LogP contribution in [0.1, 0.15) is 52.4 Å². The summed E-state index contributed by atoms with van der Waals surface area (Å²) in [5.41, 5.74) is 0. The van der Waals surface area contributed by atoms with E-state index in [1.165, 1.54) is 7.11 Å². The second kappa shape index (κ2) is 6.45. The van der Waals surface area contributed by atoms with Gasteiger partial charge in [-0.05, 0) is 19.3 Å². The lowest BCUT2D eigenvalue weighted by molar-refractivity contribution is 0.0410. The zero-order valence-electron chi connectivity index (χ0n) is 9.82. The van der Waals surface area contributed by atoms with E-state index in [1.54, 1.807) is 6.92 Å². The third-order valence-electron chi connectivity index (χ3n) is 2.79. The molecule has 0 bridgehead atoms. The maximum Gasteiger partial charge on any atom is 0.295 e. The molecule has 0 aliphatic rings. The minimum Gasteiger partial charge on any atom is -0.360 e. The molecule has 0 rings (SSSR count). The Bertz CT molecular complexity index is 255. The van der Waals surface area contributed by atoms with E-state index in [1.807, 2.05) is 0 Å². The summed E-state index contributed by atoms with van der Waals surface area (Å²) >= 11 is 0. The molecule has 0 aliphatic carbocycles. The number of methoxy groups -OCH3 is 1. The van der Waals surface area contributed by atoms with Crippen LogP contribution >= 0.6 is 0 Å². The molecule has 0 aromatic rings. The summed E-state index contributed by atoms with van der Waals surface area (Å²) in [6.07, 6.45) is 4.53. The van der Waals surface area contributed by atoms with Crippen molar-refractivity contribution in [3.8, 4) is 0 Å². The first-order valence-electron chi connectivity index (χ1n) is 5.45. The van der Waals surface area contributed by atoms with Crippen LogP contribution < -0.4 is 0 Å². The highest BCUT2D eigenvalue weighted by Crippen LogP contribution is 2.28. The van der Waals surface area contributed by atoms with Crippen molar-refractivity contribution in [3.63, 3.8) is 0 Å². The van der Waals surface area contributed by atoms with E-state index in [2.05, 4.69) is 6.92 Å². The fourth-order valence-electron chi connectivity index (χ4n) is 1.66. The summed E-state index contributed by atoms with van der Waals surface area (Å²) in [6, 6.07) is 0. The Morgan fingerprint density at radius 1 is 1.20 bits per heavy atom. The van der Waals surface area contributed by atoms with Gasteiger partial charge in [-0.1, -0.05) is 33.1 Å². The zero-order valence-corrected chi connectivity index (χ0v) is 10.6. The molecule has 0 radical (unpaired) electrons. The molecular formula is C10H22O4S. The van der Waals surface area contributed by atoms with E-state index in [4.69, 9.17) is 9.29 Å². The standard InChI is InChI=1S/C10H22O4S/c1-4-6-7-8-9-10(5-2,14-3)15(11,12)13/h4-9H2,1-3H3,(H,11,12,13). The average molecular weight is 238 g/mol. The largest absolute Gasteiger partial charge is 0.360 e. The number of hydrogen-bond donors (Lipinski definition) is 1. The quantitative estimate of drug-likeness (QED) is 0.521. The van der Waals surface area contributed by atoms with Gasteiger partial charge in [0.05, 0.1) is 0 Å². The summed E-state index contributed by atoms with van der Waals surface area (Å²) in [6.45, 7) is 3.79. The predicted molar refractivity (Wildman–Crippen MR) is 60.3 cm³/mol. The van der Waals surface area contributed by atoms with E-state index < -0.39 is 15.1 Å². The molecule has 0 aliphatic heterocycles. The van der Waals surface area contributed by atoms with Gasteiger partial charge in [-0.15, -0.1) is 0 Å². The molecule has 1 atom stereocenters. The van der Waals surface area contributed by atoms with Gasteiger partial charge in [0.25, 0.3) is 10.1 Å². The van der Waals surface area contributed by atoms with E-state index >= 15 is 0 Å². The van der Waals surface area contributed by atoms with Gasteiger partial charge < -0.3 is 4.74 Å². The van der Waals surface area contributed by atoms with Gasteiger partial charge in [0, 0.05) is 7.11 Å². The molecule has 15 heavy (non-hydrogen) atoms. The van der Waals surface area contributed by atoms with Gasteiger partial charge in [0.1, 0.15) is 0 Å². The fourth-order valence-corrected chi connectivity index (χ4v) is 2.64. The molecule has 1 N–H and O–H groups in total. The summed E-state index contributed by atoms with van der Waals surface area (Å²) in [4.78, 5) is -1.40. The lowest BCUT2D eigenvalue weighted by atomic mass is 10.1. The zero-order chi connectivity index (χ0) is 11.9. The van der Waals surface area contributed by atoms with Crippen LogP contribution in [0.5, 0.6) is 0 Å². The van der Waals surface area contributed by atoms with Crippen molar-refractivity contribution in [3.05, 3.63) is 0 Å². The minimum absolute atomic E-state index is 0.272. The Hall–Kier alpha value is -0.130. The van der Waals surface area contributed by atoms with Crippen LogP contribution in [0.2, 0.25) is 0 Å². The lowest BCUT2D eigenvalue weighted by Gasteiger charge is -2.27. The van der Waals surface area contributed by atoms with Crippen molar-refractivity contribution in [2.45, 2.75) is 57.3 Å². The Morgan fingerprint density at radius 2 is 1.80 bits per heavy atom. The maximum absolute atomic E-state index is 11.2. The van der Waals surface area contributed by atoms with E-state index in [9.17, 15) is 8.42 Å². The van der Waals surface area contributed by atoms with Gasteiger partial charge in [0.2, 0.25) is 0 Å². The van der Waals surface area contributed by atoms with Gasteiger partial charge in [-0.3, -0.25) is 4.55 Å². The van der Waals surface area contributed by atoms with Crippen molar-refractivity contribution in [1.82, 2.24) is 0 Å². The topological polar surface area (TPSA) is 63.6 Å². The van der Waals surface area contributed by atoms with Crippen molar-refractivity contribution in [2.75, 3.05) is 7.11 Å². The Balaban J connectivity index is 4.40. The average Bonchev–Trinajstić information content (AvgIpc) is 2.17.